The van der Waals surface area contributed by atoms with Crippen molar-refractivity contribution in [3.8, 4) is 0 Å². The van der Waals surface area contributed by atoms with Gasteiger partial charge in [-0.05, 0) is 72.7 Å². The minimum atomic E-state index is -4.41. The molecule has 0 aliphatic rings. The summed E-state index contributed by atoms with van der Waals surface area (Å²) in [6.45, 7) is 5.23. The molecule has 2 atom stereocenters. The fraction of sp³-hybridized carbons (Fsp3) is 0.459. The van der Waals surface area contributed by atoms with Crippen LogP contribution in [0.15, 0.2) is 65.6 Å². The van der Waals surface area contributed by atoms with E-state index in [0.29, 0.717) is 38.5 Å². The lowest BCUT2D eigenvalue weighted by Gasteiger charge is -2.26. The highest BCUT2D eigenvalue weighted by atomic mass is 32.2. The van der Waals surface area contributed by atoms with Gasteiger partial charge in [-0.25, -0.2) is 17.2 Å². The van der Waals surface area contributed by atoms with E-state index in [4.69, 9.17) is 0 Å². The van der Waals surface area contributed by atoms with Gasteiger partial charge in [-0.2, -0.15) is 4.31 Å². The first-order chi connectivity index (χ1) is 24.4. The van der Waals surface area contributed by atoms with Crippen LogP contribution in [-0.4, -0.2) is 103 Å². The smallest absolute Gasteiger partial charge is 0.253 e. The average molecular weight is 733 g/mol. The van der Waals surface area contributed by atoms with Gasteiger partial charge in [0.1, 0.15) is 11.6 Å². The van der Waals surface area contributed by atoms with Crippen LogP contribution in [0.4, 0.5) is 8.78 Å². The zero-order chi connectivity index (χ0) is 37.6. The van der Waals surface area contributed by atoms with Gasteiger partial charge in [0.05, 0.1) is 30.3 Å². The lowest BCUT2D eigenvalue weighted by Crippen LogP contribution is -2.48. The molecule has 0 spiro atoms. The summed E-state index contributed by atoms with van der Waals surface area (Å²) in [5.41, 5.74) is 1.99. The maximum absolute atomic E-state index is 14.2. The predicted octanol–water partition coefficient (Wildman–Crippen LogP) is 3.26. The van der Waals surface area contributed by atoms with E-state index in [0.717, 1.165) is 46.1 Å². The number of hydrogen-bond donors (Lipinski definition) is 5. The average Bonchev–Trinajstić information content (AvgIpc) is 3.10. The SMILES string of the molecule is CCCN(CCC)C(=O)c1cc(C(=O)N[C@@H](Cc2cc(F)cc(F)c2)[C@H](O)CNCc2cccc(CC)c2)cc(S(=O)(=O)N(CCO)CCO)c1. The second-order valence-electron chi connectivity index (χ2n) is 12.3. The molecule has 51 heavy (non-hydrogen) atoms. The van der Waals surface area contributed by atoms with E-state index in [2.05, 4.69) is 10.6 Å². The van der Waals surface area contributed by atoms with Crippen molar-refractivity contribution in [2.24, 2.45) is 0 Å². The molecule has 0 saturated carbocycles. The van der Waals surface area contributed by atoms with Crippen molar-refractivity contribution in [1.82, 2.24) is 19.8 Å². The molecule has 3 aromatic rings. The summed E-state index contributed by atoms with van der Waals surface area (Å²) in [6, 6.07) is 13.2. The van der Waals surface area contributed by atoms with Crippen LogP contribution in [0, 0.1) is 11.6 Å². The Bertz CT molecular complexity index is 1680. The normalized spacial score (nSPS) is 12.9. The van der Waals surface area contributed by atoms with Crippen LogP contribution in [0.3, 0.4) is 0 Å². The van der Waals surface area contributed by atoms with E-state index in [1.807, 2.05) is 45.0 Å². The van der Waals surface area contributed by atoms with Crippen LogP contribution in [0.2, 0.25) is 0 Å². The molecule has 14 heteroatoms. The summed E-state index contributed by atoms with van der Waals surface area (Å²) in [5.74, 6) is -3.01. The fourth-order valence-corrected chi connectivity index (χ4v) is 7.24. The molecular weight excluding hydrogens is 682 g/mol. The summed E-state index contributed by atoms with van der Waals surface area (Å²) in [6.07, 6.45) is 0.671. The Hall–Kier alpha value is -3.79. The Morgan fingerprint density at radius 3 is 2.00 bits per heavy atom. The van der Waals surface area contributed by atoms with Gasteiger partial charge in [0.25, 0.3) is 11.8 Å². The number of carbonyl (C=O) groups excluding carboxylic acids is 2. The molecule has 0 unspecified atom stereocenters. The molecule has 0 radical (unpaired) electrons. The van der Waals surface area contributed by atoms with Gasteiger partial charge in [0, 0.05) is 56.5 Å². The summed E-state index contributed by atoms with van der Waals surface area (Å²) in [7, 11) is -4.41. The third-order valence-corrected chi connectivity index (χ3v) is 10.1. The summed E-state index contributed by atoms with van der Waals surface area (Å²) < 4.78 is 56.6. The summed E-state index contributed by atoms with van der Waals surface area (Å²) in [5, 5.41) is 36.2. The molecule has 280 valence electrons. The largest absolute Gasteiger partial charge is 0.395 e. The van der Waals surface area contributed by atoms with Crippen molar-refractivity contribution in [2.45, 2.75) is 70.0 Å². The fourth-order valence-electron chi connectivity index (χ4n) is 5.75. The van der Waals surface area contributed by atoms with Gasteiger partial charge < -0.3 is 30.9 Å². The molecule has 5 N–H and O–H groups in total. The van der Waals surface area contributed by atoms with Crippen molar-refractivity contribution in [2.75, 3.05) is 45.9 Å². The molecule has 0 aliphatic carbocycles. The maximum Gasteiger partial charge on any atom is 0.253 e. The minimum Gasteiger partial charge on any atom is -0.395 e. The van der Waals surface area contributed by atoms with E-state index >= 15 is 0 Å². The first-order valence-electron chi connectivity index (χ1n) is 17.2. The standard InChI is InChI=1S/C37H50F2N4O7S/c1-4-10-42(11-5-2)37(48)30-20-29(21-33(22-30)51(49,50)43(12-14-44)13-15-45)36(47)41-34(19-28-17-31(38)23-32(39)18-28)35(46)25-40-24-27-9-7-8-26(6-3)16-27/h7-9,16-18,20-23,34-35,40,44-46H,4-6,10-15,19,24-25H2,1-3H3,(H,41,47)/t34-,35+/m0/s1. The van der Waals surface area contributed by atoms with Crippen molar-refractivity contribution in [1.29, 1.82) is 0 Å². The Morgan fingerprint density at radius 2 is 1.41 bits per heavy atom. The maximum atomic E-state index is 14.2. The Kier molecular flexibility index (Phi) is 16.6. The Morgan fingerprint density at radius 1 is 0.804 bits per heavy atom. The number of sulfonamides is 1. The lowest BCUT2D eigenvalue weighted by molar-refractivity contribution is 0.0755. The van der Waals surface area contributed by atoms with Crippen molar-refractivity contribution in [3.05, 3.63) is 100 Å². The third-order valence-electron chi connectivity index (χ3n) is 8.27. The molecule has 3 rings (SSSR count). The number of halogens is 2. The molecule has 0 heterocycles. The zero-order valence-electron chi connectivity index (χ0n) is 29.4. The van der Waals surface area contributed by atoms with E-state index in [9.17, 15) is 42.1 Å². The molecule has 0 bridgehead atoms. The van der Waals surface area contributed by atoms with Gasteiger partial charge in [-0.1, -0.05) is 45.0 Å². The molecular formula is C37H50F2N4O7S. The zero-order valence-corrected chi connectivity index (χ0v) is 30.3. The van der Waals surface area contributed by atoms with Gasteiger partial charge in [-0.3, -0.25) is 9.59 Å². The van der Waals surface area contributed by atoms with Crippen LogP contribution in [0.25, 0.3) is 0 Å². The molecule has 3 aromatic carbocycles. The van der Waals surface area contributed by atoms with Gasteiger partial charge in [0.15, 0.2) is 0 Å². The minimum absolute atomic E-state index is 0.0163. The number of hydrogen-bond acceptors (Lipinski definition) is 8. The van der Waals surface area contributed by atoms with Crippen molar-refractivity contribution < 1.29 is 42.1 Å². The van der Waals surface area contributed by atoms with Crippen LogP contribution >= 0.6 is 0 Å². The van der Waals surface area contributed by atoms with Crippen LogP contribution in [0.5, 0.6) is 0 Å². The topological polar surface area (TPSA) is 160 Å². The van der Waals surface area contributed by atoms with E-state index in [-0.39, 0.29) is 42.7 Å². The number of amides is 2. The number of benzene rings is 3. The molecule has 0 aliphatic heterocycles. The number of aliphatic hydroxyl groups excluding tert-OH is 3. The summed E-state index contributed by atoms with van der Waals surface area (Å²) >= 11 is 0. The highest BCUT2D eigenvalue weighted by molar-refractivity contribution is 7.89. The van der Waals surface area contributed by atoms with E-state index in [1.54, 1.807) is 4.90 Å². The molecule has 0 saturated heterocycles. The van der Waals surface area contributed by atoms with Crippen LogP contribution in [0.1, 0.15) is 71.0 Å². The monoisotopic (exact) mass is 732 g/mol. The number of rotatable bonds is 21. The molecule has 0 fully saturated rings. The van der Waals surface area contributed by atoms with Gasteiger partial charge in [-0.15, -0.1) is 0 Å². The number of aliphatic hydroxyl groups is 3. The quantitative estimate of drug-likeness (QED) is 0.112. The van der Waals surface area contributed by atoms with Gasteiger partial charge >= 0.3 is 0 Å². The highest BCUT2D eigenvalue weighted by Gasteiger charge is 2.29. The van der Waals surface area contributed by atoms with Crippen LogP contribution in [-0.2, 0) is 29.4 Å². The number of aryl methyl sites for hydroxylation is 1. The number of carbonyl (C=O) groups is 2. The Balaban J connectivity index is 2.02. The first-order valence-corrected chi connectivity index (χ1v) is 18.7. The third kappa shape index (κ3) is 12.2. The van der Waals surface area contributed by atoms with E-state index in [1.165, 1.54) is 6.07 Å². The van der Waals surface area contributed by atoms with E-state index < -0.39 is 63.7 Å². The first kappa shape index (κ1) is 41.6. The Labute approximate surface area is 299 Å². The highest BCUT2D eigenvalue weighted by Crippen LogP contribution is 2.22. The molecule has 2 amide bonds. The van der Waals surface area contributed by atoms with Crippen LogP contribution < -0.4 is 10.6 Å². The summed E-state index contributed by atoms with van der Waals surface area (Å²) in [4.78, 5) is 28.8. The predicted molar refractivity (Wildman–Crippen MR) is 191 cm³/mol. The van der Waals surface area contributed by atoms with Gasteiger partial charge in [0.2, 0.25) is 10.0 Å². The van der Waals surface area contributed by atoms with Crippen molar-refractivity contribution in [3.63, 3.8) is 0 Å². The number of nitrogens with zero attached hydrogens (tertiary/aromatic N) is 2. The molecule has 0 aromatic heterocycles. The lowest BCUT2D eigenvalue weighted by atomic mass is 9.99. The number of nitrogens with one attached hydrogen (secondary N) is 2. The molecule has 11 nitrogen and oxygen atoms in total. The second-order valence-corrected chi connectivity index (χ2v) is 14.3. The van der Waals surface area contributed by atoms with Crippen molar-refractivity contribution >= 4 is 21.8 Å². The second kappa shape index (κ2) is 20.3.